The molecule has 224 valence electrons. The molecule has 0 spiro atoms. The number of carbonyl (C=O) groups is 2. The Kier molecular flexibility index (Phi) is 12.5. The Morgan fingerprint density at radius 1 is 0.907 bits per heavy atom. The van der Waals surface area contributed by atoms with E-state index in [4.69, 9.17) is 11.6 Å². The molecule has 0 radical (unpaired) electrons. The zero-order chi connectivity index (χ0) is 30.4. The predicted molar refractivity (Wildman–Crippen MR) is 172 cm³/mol. The molecule has 0 aliphatic heterocycles. The second-order valence-corrected chi connectivity index (χ2v) is 11.7. The highest BCUT2D eigenvalue weighted by Crippen LogP contribution is 2.23. The van der Waals surface area contributed by atoms with E-state index in [9.17, 15) is 14.4 Å². The van der Waals surface area contributed by atoms with Crippen molar-refractivity contribution in [3.8, 4) is 5.69 Å². The number of nitrogens with zero attached hydrogens (tertiary/aromatic N) is 4. The molecule has 4 rings (SSSR count). The summed E-state index contributed by atoms with van der Waals surface area (Å²) < 4.78 is 1.92. The van der Waals surface area contributed by atoms with Crippen LogP contribution >= 0.6 is 23.4 Å². The largest absolute Gasteiger partial charge is 0.352 e. The maximum absolute atomic E-state index is 13.0. The SMILES string of the molecule is CCCNC(=O)c1ccc(-n2cc(Cc3cncnc3)c(=O)nc2SCCCCCCCC(=O)c2ccc(Cl)cc2)cc1. The third-order valence-corrected chi connectivity index (χ3v) is 8.15. The van der Waals surface area contributed by atoms with Gasteiger partial charge in [0.15, 0.2) is 10.9 Å². The van der Waals surface area contributed by atoms with Gasteiger partial charge in [0.05, 0.1) is 0 Å². The molecule has 0 bridgehead atoms. The minimum atomic E-state index is -0.275. The first-order valence-corrected chi connectivity index (χ1v) is 16.0. The molecule has 0 fully saturated rings. The van der Waals surface area contributed by atoms with Crippen LogP contribution in [0.4, 0.5) is 0 Å². The van der Waals surface area contributed by atoms with Gasteiger partial charge in [0, 0.05) is 71.1 Å². The van der Waals surface area contributed by atoms with E-state index in [1.54, 1.807) is 60.6 Å². The molecular formula is C33H36ClN5O3S. The zero-order valence-corrected chi connectivity index (χ0v) is 25.9. The van der Waals surface area contributed by atoms with E-state index in [0.717, 1.165) is 55.5 Å². The highest BCUT2D eigenvalue weighted by atomic mass is 35.5. The van der Waals surface area contributed by atoms with Crippen LogP contribution in [0, 0.1) is 0 Å². The normalized spacial score (nSPS) is 10.9. The molecule has 10 heteroatoms. The minimum Gasteiger partial charge on any atom is -0.352 e. The van der Waals surface area contributed by atoms with Crippen molar-refractivity contribution in [3.63, 3.8) is 0 Å². The Bertz CT molecular complexity index is 1540. The van der Waals surface area contributed by atoms with E-state index in [1.807, 2.05) is 29.8 Å². The molecule has 0 aliphatic carbocycles. The summed E-state index contributed by atoms with van der Waals surface area (Å²) in [7, 11) is 0. The van der Waals surface area contributed by atoms with Crippen molar-refractivity contribution in [1.29, 1.82) is 0 Å². The lowest BCUT2D eigenvalue weighted by Gasteiger charge is -2.14. The summed E-state index contributed by atoms with van der Waals surface area (Å²) in [5, 5.41) is 4.13. The van der Waals surface area contributed by atoms with Gasteiger partial charge < -0.3 is 5.32 Å². The van der Waals surface area contributed by atoms with Gasteiger partial charge in [0.1, 0.15) is 6.33 Å². The van der Waals surface area contributed by atoms with Crippen molar-refractivity contribution in [1.82, 2.24) is 24.8 Å². The van der Waals surface area contributed by atoms with E-state index in [2.05, 4.69) is 20.3 Å². The van der Waals surface area contributed by atoms with Gasteiger partial charge in [0.2, 0.25) is 0 Å². The number of rotatable bonds is 16. The number of amides is 1. The van der Waals surface area contributed by atoms with Gasteiger partial charge in [-0.25, -0.2) is 9.97 Å². The number of aromatic nitrogens is 4. The van der Waals surface area contributed by atoms with Crippen LogP contribution in [0.2, 0.25) is 5.02 Å². The van der Waals surface area contributed by atoms with E-state index in [1.165, 1.54) is 6.33 Å². The van der Waals surface area contributed by atoms with Gasteiger partial charge in [-0.2, -0.15) is 4.98 Å². The summed E-state index contributed by atoms with van der Waals surface area (Å²) >= 11 is 7.45. The molecule has 1 amide bonds. The first-order valence-electron chi connectivity index (χ1n) is 14.6. The summed E-state index contributed by atoms with van der Waals surface area (Å²) in [4.78, 5) is 50.3. The molecule has 0 unspecified atom stereocenters. The quantitative estimate of drug-likeness (QED) is 0.0643. The fraction of sp³-hybridized carbons (Fsp3) is 0.333. The molecule has 4 aromatic rings. The van der Waals surface area contributed by atoms with Crippen molar-refractivity contribution < 1.29 is 9.59 Å². The highest BCUT2D eigenvalue weighted by molar-refractivity contribution is 7.99. The van der Waals surface area contributed by atoms with Crippen molar-refractivity contribution in [2.75, 3.05) is 12.3 Å². The molecule has 2 aromatic heterocycles. The summed E-state index contributed by atoms with van der Waals surface area (Å²) in [6.45, 7) is 2.64. The van der Waals surface area contributed by atoms with Crippen molar-refractivity contribution in [3.05, 3.63) is 111 Å². The number of nitrogens with one attached hydrogen (secondary N) is 1. The van der Waals surface area contributed by atoms with Crippen molar-refractivity contribution in [2.24, 2.45) is 0 Å². The number of carbonyl (C=O) groups excluding carboxylic acids is 2. The number of hydrogen-bond acceptors (Lipinski definition) is 7. The Labute approximate surface area is 261 Å². The maximum atomic E-state index is 13.0. The maximum Gasteiger partial charge on any atom is 0.277 e. The first kappa shape index (κ1) is 32.1. The van der Waals surface area contributed by atoms with Gasteiger partial charge in [-0.1, -0.05) is 49.5 Å². The number of benzene rings is 2. The zero-order valence-electron chi connectivity index (χ0n) is 24.3. The van der Waals surface area contributed by atoms with Crippen LogP contribution in [0.1, 0.15) is 83.7 Å². The Hall–Kier alpha value is -3.82. The lowest BCUT2D eigenvalue weighted by atomic mass is 10.0. The van der Waals surface area contributed by atoms with Crippen LogP contribution < -0.4 is 10.9 Å². The molecule has 0 aliphatic rings. The predicted octanol–water partition coefficient (Wildman–Crippen LogP) is 6.72. The summed E-state index contributed by atoms with van der Waals surface area (Å²) in [5.41, 5.74) is 3.19. The Balaban J connectivity index is 1.35. The minimum absolute atomic E-state index is 0.111. The average Bonchev–Trinajstić information content (AvgIpc) is 3.03. The average molecular weight is 618 g/mol. The second kappa shape index (κ2) is 16.7. The Morgan fingerprint density at radius 3 is 2.30 bits per heavy atom. The molecule has 2 heterocycles. The van der Waals surface area contributed by atoms with Gasteiger partial charge in [-0.15, -0.1) is 0 Å². The smallest absolute Gasteiger partial charge is 0.277 e. The lowest BCUT2D eigenvalue weighted by Crippen LogP contribution is -2.24. The molecule has 0 atom stereocenters. The fourth-order valence-electron chi connectivity index (χ4n) is 4.50. The second-order valence-electron chi connectivity index (χ2n) is 10.2. The van der Waals surface area contributed by atoms with Gasteiger partial charge in [0.25, 0.3) is 11.5 Å². The lowest BCUT2D eigenvalue weighted by molar-refractivity contribution is 0.0951. The van der Waals surface area contributed by atoms with Crippen LogP contribution in [0.3, 0.4) is 0 Å². The summed E-state index contributed by atoms with van der Waals surface area (Å²) in [5.74, 6) is 0.841. The van der Waals surface area contributed by atoms with Crippen LogP contribution in [0.25, 0.3) is 5.69 Å². The molecule has 0 saturated carbocycles. The van der Waals surface area contributed by atoms with E-state index < -0.39 is 0 Å². The van der Waals surface area contributed by atoms with E-state index in [0.29, 0.717) is 46.3 Å². The summed E-state index contributed by atoms with van der Waals surface area (Å²) in [6, 6.07) is 14.4. The number of halogens is 1. The molecular weight excluding hydrogens is 582 g/mol. The first-order chi connectivity index (χ1) is 20.9. The number of hydrogen-bond donors (Lipinski definition) is 1. The standard InChI is InChI=1S/C33H36ClN5O3S/c1-2-17-37-31(41)26-11-15-29(16-12-26)39-22-27(19-24-20-35-23-36-21-24)32(42)38-33(39)43-18-7-5-3-4-6-8-30(40)25-9-13-28(34)14-10-25/h9-16,20-23H,2-8,17-19H2,1H3,(H,37,41). The topological polar surface area (TPSA) is 107 Å². The number of unbranched alkanes of at least 4 members (excludes halogenated alkanes) is 4. The van der Waals surface area contributed by atoms with Crippen LogP contribution in [0.15, 0.2) is 83.4 Å². The van der Waals surface area contributed by atoms with E-state index >= 15 is 0 Å². The molecule has 0 saturated heterocycles. The van der Waals surface area contributed by atoms with Crippen LogP contribution in [-0.4, -0.2) is 43.5 Å². The third-order valence-electron chi connectivity index (χ3n) is 6.86. The number of ketones is 1. The number of Topliss-reactive ketones (excluding diaryl/α,β-unsaturated/α-hetero) is 1. The van der Waals surface area contributed by atoms with Crippen LogP contribution in [0.5, 0.6) is 0 Å². The molecule has 43 heavy (non-hydrogen) atoms. The highest BCUT2D eigenvalue weighted by Gasteiger charge is 2.13. The van der Waals surface area contributed by atoms with E-state index in [-0.39, 0.29) is 17.2 Å². The summed E-state index contributed by atoms with van der Waals surface area (Å²) in [6.07, 6.45) is 13.3. The number of thioether (sulfide) groups is 1. The van der Waals surface area contributed by atoms with Gasteiger partial charge >= 0.3 is 0 Å². The van der Waals surface area contributed by atoms with Gasteiger partial charge in [-0.05, 0) is 73.4 Å². The fourth-order valence-corrected chi connectivity index (χ4v) is 5.61. The monoisotopic (exact) mass is 617 g/mol. The molecule has 1 N–H and O–H groups in total. The van der Waals surface area contributed by atoms with Crippen molar-refractivity contribution >= 4 is 35.1 Å². The van der Waals surface area contributed by atoms with Crippen molar-refractivity contribution in [2.45, 2.75) is 63.4 Å². The van der Waals surface area contributed by atoms with Gasteiger partial charge in [-0.3, -0.25) is 19.0 Å². The molecule has 2 aromatic carbocycles. The Morgan fingerprint density at radius 2 is 1.58 bits per heavy atom. The van der Waals surface area contributed by atoms with Crippen LogP contribution in [-0.2, 0) is 6.42 Å². The third kappa shape index (κ3) is 9.86. The molecule has 8 nitrogen and oxygen atoms in total.